The van der Waals surface area contributed by atoms with Gasteiger partial charge in [0, 0.05) is 44.0 Å². The molecule has 9 rings (SSSR count). The number of fused-ring (bicyclic) bond motifs is 1. The summed E-state index contributed by atoms with van der Waals surface area (Å²) in [4.78, 5) is 10.5. The van der Waals surface area contributed by atoms with E-state index in [1.807, 2.05) is 98.9 Å². The average Bonchev–Trinajstić information content (AvgIpc) is 3.74. The molecule has 2 aromatic heterocycles. The zero-order chi connectivity index (χ0) is 53.2. The van der Waals surface area contributed by atoms with Gasteiger partial charge in [-0.05, 0) is 121 Å². The molecule has 0 aliphatic heterocycles. The molecule has 7 aromatic carbocycles. The zero-order valence-electron chi connectivity index (χ0n) is 47.2. The predicted molar refractivity (Wildman–Crippen MR) is 296 cm³/mol. The second-order valence-corrected chi connectivity index (χ2v) is 21.8. The molecular weight excluding hydrogens is 1050 g/mol. The molecule has 0 amide bonds. The van der Waals surface area contributed by atoms with E-state index in [1.54, 1.807) is 0 Å². The van der Waals surface area contributed by atoms with Crippen LogP contribution in [0, 0.1) is 12.9 Å². The van der Waals surface area contributed by atoms with Crippen LogP contribution in [0.25, 0.3) is 83.9 Å². The van der Waals surface area contributed by atoms with Crippen molar-refractivity contribution >= 4 is 11.0 Å². The molecule has 0 fully saturated rings. The number of aryl methyl sites for hydroxylation is 1. The van der Waals surface area contributed by atoms with Crippen LogP contribution >= 0.6 is 0 Å². The van der Waals surface area contributed by atoms with Crippen LogP contribution < -0.4 is 0 Å². The molecule has 0 atom stereocenters. The van der Waals surface area contributed by atoms with Crippen molar-refractivity contribution in [2.45, 2.75) is 118 Å². The average molecular weight is 1120 g/mol. The van der Waals surface area contributed by atoms with Crippen molar-refractivity contribution in [2.75, 3.05) is 0 Å². The Bertz CT molecular complexity index is 3540. The van der Waals surface area contributed by atoms with Gasteiger partial charge in [0.15, 0.2) is 0 Å². The van der Waals surface area contributed by atoms with Gasteiger partial charge >= 0.3 is 0 Å². The quantitative estimate of drug-likeness (QED) is 0.139. The fourth-order valence-corrected chi connectivity index (χ4v) is 9.42. The van der Waals surface area contributed by atoms with Gasteiger partial charge in [-0.2, -0.15) is 0 Å². The summed E-state index contributed by atoms with van der Waals surface area (Å²) < 4.78 is 38.0. The number of para-hydroxylation sites is 1. The number of nitrogens with zero attached hydrogens (tertiary/aromatic N) is 3. The fraction of sp³-hybridized carbons (Fsp3) is 0.273. The predicted octanol–water partition coefficient (Wildman–Crippen LogP) is 18.2. The first-order valence-electron chi connectivity index (χ1n) is 26.7. The van der Waals surface area contributed by atoms with Crippen LogP contribution in [-0.2, 0) is 31.9 Å². The van der Waals surface area contributed by atoms with Crippen molar-refractivity contribution in [1.29, 1.82) is 0 Å². The summed E-state index contributed by atoms with van der Waals surface area (Å²) in [6.07, 6.45) is 1.84. The molecule has 71 heavy (non-hydrogen) atoms. The van der Waals surface area contributed by atoms with Crippen LogP contribution in [0.15, 0.2) is 152 Å². The summed E-state index contributed by atoms with van der Waals surface area (Å²) in [5.74, 6) is 0.0719. The van der Waals surface area contributed by atoms with Gasteiger partial charge in [-0.25, -0.2) is 4.98 Å². The Morgan fingerprint density at radius 3 is 1.87 bits per heavy atom. The smallest absolute Gasteiger partial charge is 0.148 e. The van der Waals surface area contributed by atoms with Crippen molar-refractivity contribution in [3.8, 4) is 78.6 Å². The maximum atomic E-state index is 12.5. The van der Waals surface area contributed by atoms with E-state index < -0.39 is 12.7 Å². The van der Waals surface area contributed by atoms with Crippen molar-refractivity contribution in [1.82, 2.24) is 14.5 Å². The molecule has 1 N–H and O–H groups in total. The summed E-state index contributed by atoms with van der Waals surface area (Å²) in [6, 6.07) is 53.0. The molecule has 0 bridgehead atoms. The Kier molecular flexibility index (Phi) is 12.9. The minimum atomic E-state index is -2.50. The fourth-order valence-electron chi connectivity index (χ4n) is 9.42. The van der Waals surface area contributed by atoms with Crippen molar-refractivity contribution in [3.63, 3.8) is 0 Å². The Balaban J connectivity index is 0.00000747. The third-order valence-corrected chi connectivity index (χ3v) is 13.8. The number of rotatable bonds is 10. The van der Waals surface area contributed by atoms with Crippen LogP contribution in [0.1, 0.15) is 140 Å². The summed E-state index contributed by atoms with van der Waals surface area (Å²) in [5.41, 5.74) is 16.0. The number of phenolic OH excluding ortho intramolecular Hbond substituents is 1. The molecule has 9 aromatic rings. The van der Waals surface area contributed by atoms with Gasteiger partial charge in [0.2, 0.25) is 0 Å². The van der Waals surface area contributed by atoms with Crippen LogP contribution in [0.5, 0.6) is 5.75 Å². The normalized spacial score (nSPS) is 13.2. The number of pyridine rings is 1. The van der Waals surface area contributed by atoms with Crippen molar-refractivity contribution in [3.05, 3.63) is 191 Å². The summed E-state index contributed by atoms with van der Waals surface area (Å²) >= 11 is 0. The molecule has 0 aliphatic rings. The zero-order valence-corrected chi connectivity index (χ0v) is 45.5. The molecule has 0 aliphatic carbocycles. The largest absolute Gasteiger partial charge is 0.507 e. The van der Waals surface area contributed by atoms with Gasteiger partial charge in [-0.1, -0.05) is 197 Å². The first-order valence-corrected chi connectivity index (χ1v) is 24.7. The van der Waals surface area contributed by atoms with Crippen molar-refractivity contribution < 1.29 is 31.7 Å². The second-order valence-electron chi connectivity index (χ2n) is 21.8. The minimum absolute atomic E-state index is 0. The van der Waals surface area contributed by atoms with E-state index in [4.69, 9.17) is 15.5 Å². The van der Waals surface area contributed by atoms with E-state index in [0.29, 0.717) is 28.2 Å². The Labute approximate surface area is 443 Å². The third-order valence-electron chi connectivity index (χ3n) is 13.8. The molecule has 364 valence electrons. The molecular formula is C66H68N3OPt-. The van der Waals surface area contributed by atoms with E-state index in [1.165, 1.54) is 0 Å². The number of hydrogen-bond acceptors (Lipinski definition) is 3. The van der Waals surface area contributed by atoms with Crippen LogP contribution in [0.3, 0.4) is 0 Å². The van der Waals surface area contributed by atoms with Crippen LogP contribution in [0.4, 0.5) is 0 Å². The van der Waals surface area contributed by atoms with Crippen LogP contribution in [0.2, 0.25) is 0 Å². The maximum absolute atomic E-state index is 12.5. The maximum Gasteiger partial charge on any atom is 0.148 e. The number of imidazole rings is 1. The Morgan fingerprint density at radius 1 is 0.577 bits per heavy atom. The third kappa shape index (κ3) is 10.2. The first-order chi connectivity index (χ1) is 34.8. The summed E-state index contributed by atoms with van der Waals surface area (Å²) in [6.45, 7) is 22.9. The first kappa shape index (κ1) is 45.8. The monoisotopic (exact) mass is 1120 g/mol. The molecule has 0 saturated heterocycles. The van der Waals surface area contributed by atoms with Gasteiger partial charge in [-0.3, -0.25) is 9.55 Å². The van der Waals surface area contributed by atoms with Gasteiger partial charge in [0.25, 0.3) is 0 Å². The molecule has 0 spiro atoms. The SMILES string of the molecule is [2H]C([2H])([2H])c1cc(-n2c(-c3cc(C(C)C)cc(C(C)C)c3O)nc3c(-c4[c-]c(-c5cc(-c6ccc(C([2H])(C)C)cc6)ccn5)cc(C(C)(C)C)c4)cccc32)c(-c2ccccc2)cc1-c1ccc(C(C)(C)C)cc1.[Pt]. The molecule has 0 unspecified atom stereocenters. The summed E-state index contributed by atoms with van der Waals surface area (Å²) in [5, 5.41) is 12.5. The van der Waals surface area contributed by atoms with E-state index in [-0.39, 0.29) is 55.0 Å². The standard InChI is InChI=1S/C66H68N3O.Pt/c1-40(2)44-22-24-45(25-23-44)48-30-31-67-59(38-48)51-33-50(34-53(35-51)66(11,12)13)54-20-17-21-60-62(54)68-64(58-37-49(41(3)4)36-55(42(5)6)63(58)70)69(60)61-32-43(7)56(39-57(61)46-18-15-14-16-19-46)47-26-28-52(29-27-47)65(8,9)10;/h14-32,34-42,70H,1-13H3;/q-1;/i7D3,40D;. The second kappa shape index (κ2) is 20.0. The number of phenols is 1. The van der Waals surface area contributed by atoms with E-state index >= 15 is 0 Å². The van der Waals surface area contributed by atoms with Gasteiger partial charge in [0.05, 0.1) is 22.3 Å². The molecule has 5 heteroatoms. The molecule has 2 heterocycles. The molecule has 0 saturated carbocycles. The Morgan fingerprint density at radius 2 is 1.24 bits per heavy atom. The Hall–Kier alpha value is -6.35. The van der Waals surface area contributed by atoms with Crippen LogP contribution in [-0.4, -0.2) is 19.6 Å². The minimum Gasteiger partial charge on any atom is -0.507 e. The molecule has 4 nitrogen and oxygen atoms in total. The number of aromatic hydroxyl groups is 1. The number of aromatic nitrogens is 3. The van der Waals surface area contributed by atoms with Gasteiger partial charge in [0.1, 0.15) is 11.6 Å². The van der Waals surface area contributed by atoms with E-state index in [9.17, 15) is 5.11 Å². The van der Waals surface area contributed by atoms with Gasteiger partial charge in [-0.15, -0.1) is 29.3 Å². The van der Waals surface area contributed by atoms with Crippen molar-refractivity contribution in [2.24, 2.45) is 0 Å². The van der Waals surface area contributed by atoms with E-state index in [0.717, 1.165) is 83.5 Å². The van der Waals surface area contributed by atoms with E-state index in [2.05, 4.69) is 147 Å². The molecule has 0 radical (unpaired) electrons. The number of hydrogen-bond donors (Lipinski definition) is 1. The van der Waals surface area contributed by atoms with Gasteiger partial charge < -0.3 is 5.11 Å². The summed E-state index contributed by atoms with van der Waals surface area (Å²) in [7, 11) is 0. The number of benzene rings is 7. The topological polar surface area (TPSA) is 50.9 Å².